The second kappa shape index (κ2) is 5.94. The highest BCUT2D eigenvalue weighted by Gasteiger charge is 2.13. The number of hydrogen-bond donors (Lipinski definition) is 1. The van der Waals surface area contributed by atoms with Crippen molar-refractivity contribution in [3.8, 4) is 5.75 Å². The average molecular weight is 264 g/mol. The van der Waals surface area contributed by atoms with E-state index >= 15 is 0 Å². The molecule has 0 radical (unpaired) electrons. The molecular formula is C10H11Cl2NO3. The van der Waals surface area contributed by atoms with Gasteiger partial charge in [0.1, 0.15) is 0 Å². The maximum atomic E-state index is 11.5. The lowest BCUT2D eigenvalue weighted by atomic mass is 10.2. The third-order valence-corrected chi connectivity index (χ3v) is 2.34. The Morgan fingerprint density at radius 3 is 2.38 bits per heavy atom. The Kier molecular flexibility index (Phi) is 4.86. The smallest absolute Gasteiger partial charge is 0.274 e. The van der Waals surface area contributed by atoms with Crippen LogP contribution in [0.4, 0.5) is 0 Å². The molecule has 1 amide bonds. The van der Waals surface area contributed by atoms with Gasteiger partial charge in [0.25, 0.3) is 5.91 Å². The van der Waals surface area contributed by atoms with Gasteiger partial charge in [-0.15, -0.1) is 0 Å². The first kappa shape index (κ1) is 13.1. The van der Waals surface area contributed by atoms with Crippen molar-refractivity contribution < 1.29 is 14.4 Å². The first-order valence-corrected chi connectivity index (χ1v) is 5.30. The standard InChI is InChI=1S/C10H11Cl2NO3/c1-3-16-13-10(14)6-4-7(11)9(15-2)8(12)5-6/h4-5H,3H2,1-2H3,(H,13,14). The molecule has 0 heterocycles. The zero-order valence-corrected chi connectivity index (χ0v) is 10.4. The number of halogens is 2. The van der Waals surface area contributed by atoms with E-state index in [2.05, 4.69) is 5.48 Å². The Hall–Kier alpha value is -0.970. The predicted molar refractivity (Wildman–Crippen MR) is 62.1 cm³/mol. The van der Waals surface area contributed by atoms with Crippen LogP contribution >= 0.6 is 23.2 Å². The molecule has 0 aliphatic rings. The van der Waals surface area contributed by atoms with E-state index in [1.165, 1.54) is 19.2 Å². The number of nitrogens with one attached hydrogen (secondary N) is 1. The van der Waals surface area contributed by atoms with E-state index in [4.69, 9.17) is 32.8 Å². The summed E-state index contributed by atoms with van der Waals surface area (Å²) in [6.45, 7) is 2.14. The summed E-state index contributed by atoms with van der Waals surface area (Å²) in [6, 6.07) is 2.92. The van der Waals surface area contributed by atoms with E-state index in [1.807, 2.05) is 0 Å². The van der Waals surface area contributed by atoms with Gasteiger partial charge >= 0.3 is 0 Å². The molecule has 0 spiro atoms. The van der Waals surface area contributed by atoms with Gasteiger partial charge in [-0.05, 0) is 19.1 Å². The van der Waals surface area contributed by atoms with Crippen LogP contribution in [0, 0.1) is 0 Å². The highest BCUT2D eigenvalue weighted by atomic mass is 35.5. The molecule has 0 aromatic heterocycles. The molecule has 0 atom stereocenters. The number of methoxy groups -OCH3 is 1. The van der Waals surface area contributed by atoms with Crippen molar-refractivity contribution in [1.29, 1.82) is 0 Å². The maximum Gasteiger partial charge on any atom is 0.274 e. The summed E-state index contributed by atoms with van der Waals surface area (Å²) in [5.41, 5.74) is 2.55. The molecule has 0 bridgehead atoms. The van der Waals surface area contributed by atoms with Crippen molar-refractivity contribution in [2.24, 2.45) is 0 Å². The summed E-state index contributed by atoms with van der Waals surface area (Å²) >= 11 is 11.8. The number of carbonyl (C=O) groups is 1. The molecule has 16 heavy (non-hydrogen) atoms. The Labute approximate surface area is 103 Å². The SMILES string of the molecule is CCONC(=O)c1cc(Cl)c(OC)c(Cl)c1. The lowest BCUT2D eigenvalue weighted by molar-refractivity contribution is 0.0364. The van der Waals surface area contributed by atoms with Crippen molar-refractivity contribution in [1.82, 2.24) is 5.48 Å². The highest BCUT2D eigenvalue weighted by Crippen LogP contribution is 2.33. The third kappa shape index (κ3) is 3.01. The highest BCUT2D eigenvalue weighted by molar-refractivity contribution is 6.37. The molecule has 4 nitrogen and oxygen atoms in total. The lowest BCUT2D eigenvalue weighted by Gasteiger charge is -2.08. The van der Waals surface area contributed by atoms with E-state index in [-0.39, 0.29) is 10.0 Å². The Balaban J connectivity index is 2.95. The van der Waals surface area contributed by atoms with Gasteiger partial charge in [0.2, 0.25) is 0 Å². The second-order valence-electron chi connectivity index (χ2n) is 2.84. The molecule has 6 heteroatoms. The van der Waals surface area contributed by atoms with Crippen LogP contribution < -0.4 is 10.2 Å². The van der Waals surface area contributed by atoms with Crippen LogP contribution in [0.25, 0.3) is 0 Å². The fourth-order valence-electron chi connectivity index (χ4n) is 1.08. The van der Waals surface area contributed by atoms with Crippen molar-refractivity contribution >= 4 is 29.1 Å². The molecule has 0 unspecified atom stereocenters. The van der Waals surface area contributed by atoms with Crippen LogP contribution in [-0.4, -0.2) is 19.6 Å². The van der Waals surface area contributed by atoms with Crippen molar-refractivity contribution in [2.75, 3.05) is 13.7 Å². The minimum atomic E-state index is -0.409. The molecule has 1 aromatic carbocycles. The Morgan fingerprint density at radius 1 is 1.38 bits per heavy atom. The number of rotatable bonds is 4. The van der Waals surface area contributed by atoms with Crippen LogP contribution in [0.15, 0.2) is 12.1 Å². The van der Waals surface area contributed by atoms with Gasteiger partial charge in [-0.3, -0.25) is 9.63 Å². The van der Waals surface area contributed by atoms with Gasteiger partial charge in [-0.2, -0.15) is 0 Å². The summed E-state index contributed by atoms with van der Waals surface area (Å²) in [5, 5.41) is 0.549. The summed E-state index contributed by atoms with van der Waals surface area (Å²) < 4.78 is 4.96. The van der Waals surface area contributed by atoms with E-state index in [9.17, 15) is 4.79 Å². The van der Waals surface area contributed by atoms with Crippen molar-refractivity contribution in [3.63, 3.8) is 0 Å². The van der Waals surface area contributed by atoms with Crippen LogP contribution in [0.5, 0.6) is 5.75 Å². The summed E-state index contributed by atoms with van der Waals surface area (Å²) in [7, 11) is 1.45. The molecule has 1 rings (SSSR count). The van der Waals surface area contributed by atoms with E-state index < -0.39 is 5.91 Å². The molecule has 0 saturated heterocycles. The van der Waals surface area contributed by atoms with Gasteiger partial charge in [-0.1, -0.05) is 23.2 Å². The van der Waals surface area contributed by atoms with Gasteiger partial charge in [-0.25, -0.2) is 5.48 Å². The monoisotopic (exact) mass is 263 g/mol. The fourth-order valence-corrected chi connectivity index (χ4v) is 1.72. The van der Waals surface area contributed by atoms with Gasteiger partial charge in [0.15, 0.2) is 5.75 Å². The van der Waals surface area contributed by atoms with Crippen LogP contribution in [0.3, 0.4) is 0 Å². The maximum absolute atomic E-state index is 11.5. The lowest BCUT2D eigenvalue weighted by Crippen LogP contribution is -2.23. The van der Waals surface area contributed by atoms with Gasteiger partial charge in [0, 0.05) is 5.56 Å². The summed E-state index contributed by atoms with van der Waals surface area (Å²) in [6.07, 6.45) is 0. The first-order valence-electron chi connectivity index (χ1n) is 4.55. The number of ether oxygens (including phenoxy) is 1. The van der Waals surface area contributed by atoms with Gasteiger partial charge in [0.05, 0.1) is 23.8 Å². The zero-order valence-electron chi connectivity index (χ0n) is 8.84. The molecule has 0 fully saturated rings. The average Bonchev–Trinajstić information content (AvgIpc) is 2.25. The van der Waals surface area contributed by atoms with Crippen molar-refractivity contribution in [2.45, 2.75) is 6.92 Å². The van der Waals surface area contributed by atoms with Crippen LogP contribution in [-0.2, 0) is 4.84 Å². The number of benzene rings is 1. The van der Waals surface area contributed by atoms with Gasteiger partial charge < -0.3 is 4.74 Å². The van der Waals surface area contributed by atoms with Crippen molar-refractivity contribution in [3.05, 3.63) is 27.7 Å². The Morgan fingerprint density at radius 2 is 1.94 bits per heavy atom. The number of carbonyl (C=O) groups excluding carboxylic acids is 1. The third-order valence-electron chi connectivity index (χ3n) is 1.77. The summed E-state index contributed by atoms with van der Waals surface area (Å²) in [5.74, 6) is -0.0652. The topological polar surface area (TPSA) is 47.6 Å². The molecular weight excluding hydrogens is 253 g/mol. The van der Waals surface area contributed by atoms with E-state index in [0.717, 1.165) is 0 Å². The number of amides is 1. The molecule has 0 aliphatic heterocycles. The molecule has 1 aromatic rings. The molecule has 0 saturated carbocycles. The van der Waals surface area contributed by atoms with E-state index in [1.54, 1.807) is 6.92 Å². The van der Waals surface area contributed by atoms with Crippen LogP contribution in [0.1, 0.15) is 17.3 Å². The number of hydroxylamine groups is 1. The predicted octanol–water partition coefficient (Wildman–Crippen LogP) is 2.68. The fraction of sp³-hybridized carbons (Fsp3) is 0.300. The minimum absolute atomic E-state index is 0.275. The normalized spacial score (nSPS) is 10.0. The molecule has 0 aliphatic carbocycles. The minimum Gasteiger partial charge on any atom is -0.494 e. The zero-order chi connectivity index (χ0) is 12.1. The second-order valence-corrected chi connectivity index (χ2v) is 3.65. The quantitative estimate of drug-likeness (QED) is 0.850. The van der Waals surface area contributed by atoms with Crippen LogP contribution in [0.2, 0.25) is 10.0 Å². The molecule has 1 N–H and O–H groups in total. The summed E-state index contributed by atoms with van der Waals surface area (Å²) in [4.78, 5) is 16.3. The largest absolute Gasteiger partial charge is 0.494 e. The molecule has 88 valence electrons. The first-order chi connectivity index (χ1) is 7.60. The Bertz CT molecular complexity index is 373. The van der Waals surface area contributed by atoms with E-state index in [0.29, 0.717) is 17.9 Å². The number of hydrogen-bond acceptors (Lipinski definition) is 3.